The van der Waals surface area contributed by atoms with E-state index in [9.17, 15) is 9.59 Å². The Labute approximate surface area is 157 Å². The number of hydrogen-bond acceptors (Lipinski definition) is 4. The predicted molar refractivity (Wildman–Crippen MR) is 101 cm³/mol. The Morgan fingerprint density at radius 1 is 0.885 bits per heavy atom. The molecule has 0 amide bonds. The lowest BCUT2D eigenvalue weighted by Crippen LogP contribution is -2.19. The van der Waals surface area contributed by atoms with Crippen LogP contribution in [-0.4, -0.2) is 5.97 Å². The molecule has 26 heavy (non-hydrogen) atoms. The van der Waals surface area contributed by atoms with Crippen LogP contribution >= 0.6 is 23.2 Å². The summed E-state index contributed by atoms with van der Waals surface area (Å²) in [7, 11) is 0. The highest BCUT2D eigenvalue weighted by molar-refractivity contribution is 6.37. The molecule has 0 unspecified atom stereocenters. The number of rotatable bonds is 2. The molecule has 4 rings (SSSR count). The predicted octanol–water partition coefficient (Wildman–Crippen LogP) is 5.47. The Morgan fingerprint density at radius 3 is 2.38 bits per heavy atom. The first-order valence-electron chi connectivity index (χ1n) is 7.66. The minimum absolute atomic E-state index is 0.00162. The van der Waals surface area contributed by atoms with Gasteiger partial charge in [0.15, 0.2) is 5.75 Å². The molecule has 0 aliphatic rings. The fourth-order valence-electron chi connectivity index (χ4n) is 2.74. The maximum atomic E-state index is 12.5. The summed E-state index contributed by atoms with van der Waals surface area (Å²) in [6.45, 7) is 0. The fourth-order valence-corrected chi connectivity index (χ4v) is 3.22. The van der Waals surface area contributed by atoms with Crippen molar-refractivity contribution in [2.45, 2.75) is 0 Å². The first-order valence-corrected chi connectivity index (χ1v) is 8.42. The summed E-state index contributed by atoms with van der Waals surface area (Å²) >= 11 is 12.0. The zero-order valence-electron chi connectivity index (χ0n) is 13.2. The lowest BCUT2D eigenvalue weighted by molar-refractivity contribution is 0.0731. The SMILES string of the molecule is O=C(Oc1c(Cl)cccc1Cl)c1cc2c(ccc3ccccc32)oc1=O. The van der Waals surface area contributed by atoms with Gasteiger partial charge in [0.25, 0.3) is 0 Å². The van der Waals surface area contributed by atoms with Gasteiger partial charge in [-0.15, -0.1) is 0 Å². The van der Waals surface area contributed by atoms with Gasteiger partial charge in [-0.2, -0.15) is 0 Å². The van der Waals surface area contributed by atoms with Crippen LogP contribution in [0.1, 0.15) is 10.4 Å². The molecule has 6 heteroatoms. The second kappa shape index (κ2) is 6.48. The largest absolute Gasteiger partial charge is 0.422 e. The molecule has 4 aromatic rings. The lowest BCUT2D eigenvalue weighted by atomic mass is 10.0. The second-order valence-corrected chi connectivity index (χ2v) is 6.40. The van der Waals surface area contributed by atoms with E-state index in [4.69, 9.17) is 32.4 Å². The van der Waals surface area contributed by atoms with Crippen LogP contribution < -0.4 is 10.4 Å². The first-order chi connectivity index (χ1) is 12.5. The van der Waals surface area contributed by atoms with E-state index in [2.05, 4.69) is 0 Å². The van der Waals surface area contributed by atoms with Crippen molar-refractivity contribution < 1.29 is 13.9 Å². The van der Waals surface area contributed by atoms with Crippen LogP contribution in [-0.2, 0) is 0 Å². The van der Waals surface area contributed by atoms with Crippen LogP contribution in [0.5, 0.6) is 5.75 Å². The highest BCUT2D eigenvalue weighted by Gasteiger charge is 2.19. The average molecular weight is 385 g/mol. The summed E-state index contributed by atoms with van der Waals surface area (Å²) in [4.78, 5) is 24.8. The van der Waals surface area contributed by atoms with Gasteiger partial charge >= 0.3 is 11.6 Å². The van der Waals surface area contributed by atoms with Crippen LogP contribution in [0.4, 0.5) is 0 Å². The van der Waals surface area contributed by atoms with E-state index in [1.807, 2.05) is 30.3 Å². The highest BCUT2D eigenvalue weighted by Crippen LogP contribution is 2.33. The van der Waals surface area contributed by atoms with Crippen LogP contribution in [0.3, 0.4) is 0 Å². The molecule has 0 spiro atoms. The number of fused-ring (bicyclic) bond motifs is 3. The molecule has 0 N–H and O–H groups in total. The zero-order chi connectivity index (χ0) is 18.3. The van der Waals surface area contributed by atoms with Gasteiger partial charge in [0.1, 0.15) is 11.1 Å². The molecule has 0 radical (unpaired) electrons. The molecular weight excluding hydrogens is 375 g/mol. The Hall–Kier alpha value is -2.82. The summed E-state index contributed by atoms with van der Waals surface area (Å²) in [6.07, 6.45) is 0. The number of ether oxygens (including phenoxy) is 1. The van der Waals surface area contributed by atoms with Crippen molar-refractivity contribution in [2.24, 2.45) is 0 Å². The summed E-state index contributed by atoms with van der Waals surface area (Å²) in [5.41, 5.74) is -0.633. The molecular formula is C20H10Cl2O4. The van der Waals surface area contributed by atoms with Gasteiger partial charge < -0.3 is 9.15 Å². The summed E-state index contributed by atoms with van der Waals surface area (Å²) in [6, 6.07) is 17.3. The molecule has 0 bridgehead atoms. The molecule has 1 aromatic heterocycles. The molecule has 0 saturated carbocycles. The first kappa shape index (κ1) is 16.6. The van der Waals surface area contributed by atoms with E-state index in [1.54, 1.807) is 12.1 Å². The topological polar surface area (TPSA) is 56.5 Å². The quantitative estimate of drug-likeness (QED) is 0.199. The van der Waals surface area contributed by atoms with Crippen molar-refractivity contribution >= 4 is 50.9 Å². The Morgan fingerprint density at radius 2 is 1.62 bits per heavy atom. The van der Waals surface area contributed by atoms with Crippen LogP contribution in [0.15, 0.2) is 69.9 Å². The van der Waals surface area contributed by atoms with Crippen molar-refractivity contribution in [3.8, 4) is 5.75 Å². The minimum atomic E-state index is -0.886. The maximum absolute atomic E-state index is 12.5. The number of halogens is 2. The number of carbonyl (C=O) groups is 1. The molecule has 0 fully saturated rings. The molecule has 4 nitrogen and oxygen atoms in total. The van der Waals surface area contributed by atoms with Crippen molar-refractivity contribution in [3.63, 3.8) is 0 Å². The second-order valence-electron chi connectivity index (χ2n) is 5.59. The average Bonchev–Trinajstić information content (AvgIpc) is 2.64. The van der Waals surface area contributed by atoms with Gasteiger partial charge in [-0.3, -0.25) is 0 Å². The monoisotopic (exact) mass is 384 g/mol. The summed E-state index contributed by atoms with van der Waals surface area (Å²) < 4.78 is 10.5. The molecule has 0 aliphatic heterocycles. The van der Waals surface area contributed by atoms with Crippen LogP contribution in [0.25, 0.3) is 21.7 Å². The molecule has 128 valence electrons. The molecule has 0 atom stereocenters. The van der Waals surface area contributed by atoms with Gasteiger partial charge in [0.05, 0.1) is 10.0 Å². The van der Waals surface area contributed by atoms with E-state index in [-0.39, 0.29) is 21.4 Å². The van der Waals surface area contributed by atoms with Crippen LogP contribution in [0, 0.1) is 0 Å². The number of benzene rings is 3. The van der Waals surface area contributed by atoms with Crippen molar-refractivity contribution in [2.75, 3.05) is 0 Å². The number of carbonyl (C=O) groups excluding carboxylic acids is 1. The van der Waals surface area contributed by atoms with Crippen molar-refractivity contribution in [1.82, 2.24) is 0 Å². The normalized spacial score (nSPS) is 11.0. The fraction of sp³-hybridized carbons (Fsp3) is 0. The van der Waals surface area contributed by atoms with E-state index < -0.39 is 11.6 Å². The zero-order valence-corrected chi connectivity index (χ0v) is 14.7. The molecule has 0 aliphatic carbocycles. The lowest BCUT2D eigenvalue weighted by Gasteiger charge is -2.08. The Balaban J connectivity index is 1.85. The summed E-state index contributed by atoms with van der Waals surface area (Å²) in [5.74, 6) is -0.887. The standard InChI is InChI=1S/C20H10Cl2O4/c21-15-6-3-7-16(22)18(15)26-20(24)14-10-13-12-5-2-1-4-11(12)8-9-17(13)25-19(14)23/h1-10H. The Kier molecular flexibility index (Phi) is 4.15. The number of para-hydroxylation sites is 1. The van der Waals surface area contributed by atoms with E-state index in [1.165, 1.54) is 18.2 Å². The van der Waals surface area contributed by atoms with Gasteiger partial charge in [0, 0.05) is 5.39 Å². The molecule has 1 heterocycles. The van der Waals surface area contributed by atoms with E-state index >= 15 is 0 Å². The third kappa shape index (κ3) is 2.83. The minimum Gasteiger partial charge on any atom is -0.422 e. The maximum Gasteiger partial charge on any atom is 0.351 e. The van der Waals surface area contributed by atoms with E-state index in [0.717, 1.165) is 10.8 Å². The Bertz CT molecular complexity index is 1210. The van der Waals surface area contributed by atoms with Gasteiger partial charge in [0.2, 0.25) is 0 Å². The van der Waals surface area contributed by atoms with Gasteiger partial charge in [-0.25, -0.2) is 9.59 Å². The smallest absolute Gasteiger partial charge is 0.351 e. The summed E-state index contributed by atoms with van der Waals surface area (Å²) in [5, 5.41) is 2.80. The number of hydrogen-bond donors (Lipinski definition) is 0. The van der Waals surface area contributed by atoms with Crippen LogP contribution in [0.2, 0.25) is 10.0 Å². The third-order valence-corrected chi connectivity index (χ3v) is 4.57. The van der Waals surface area contributed by atoms with Crippen molar-refractivity contribution in [3.05, 3.63) is 86.7 Å². The third-order valence-electron chi connectivity index (χ3n) is 3.98. The highest BCUT2D eigenvalue weighted by atomic mass is 35.5. The molecule has 0 saturated heterocycles. The van der Waals surface area contributed by atoms with E-state index in [0.29, 0.717) is 11.0 Å². The van der Waals surface area contributed by atoms with Gasteiger partial charge in [-0.05, 0) is 35.0 Å². The number of esters is 1. The van der Waals surface area contributed by atoms with Gasteiger partial charge in [-0.1, -0.05) is 59.6 Å². The van der Waals surface area contributed by atoms with Crippen molar-refractivity contribution in [1.29, 1.82) is 0 Å². The molecule has 3 aromatic carbocycles.